The molecule has 0 saturated carbocycles. The fraction of sp³-hybridized carbons (Fsp3) is 0.364. The van der Waals surface area contributed by atoms with Crippen molar-refractivity contribution in [3.8, 4) is 0 Å². The van der Waals surface area contributed by atoms with Crippen LogP contribution in [0.4, 0.5) is 11.5 Å². The van der Waals surface area contributed by atoms with Crippen LogP contribution in [-0.2, 0) is 9.53 Å². The molecule has 1 aliphatic rings. The van der Waals surface area contributed by atoms with Crippen LogP contribution in [0.2, 0.25) is 0 Å². The minimum absolute atomic E-state index is 0.00352. The van der Waals surface area contributed by atoms with Gasteiger partial charge in [0.15, 0.2) is 6.04 Å². The summed E-state index contributed by atoms with van der Waals surface area (Å²) in [6.07, 6.45) is 0.955. The van der Waals surface area contributed by atoms with Crippen molar-refractivity contribution in [2.45, 2.75) is 6.04 Å². The third kappa shape index (κ3) is 2.89. The first-order valence-corrected chi connectivity index (χ1v) is 5.93. The second-order valence-corrected chi connectivity index (χ2v) is 4.31. The molecule has 0 radical (unpaired) electrons. The maximum absolute atomic E-state index is 11.5. The number of morpholine rings is 1. The van der Waals surface area contributed by atoms with Crippen LogP contribution < -0.4 is 10.6 Å². The van der Waals surface area contributed by atoms with Crippen molar-refractivity contribution in [3.05, 3.63) is 27.9 Å². The zero-order valence-corrected chi connectivity index (χ0v) is 10.8. The number of carbonyl (C=O) groups excluding carboxylic acids is 1. The summed E-state index contributed by atoms with van der Waals surface area (Å²) in [5, 5.41) is 19.9. The van der Waals surface area contributed by atoms with Crippen LogP contribution in [-0.4, -0.2) is 52.7 Å². The average molecular weight is 296 g/mol. The molecule has 3 N–H and O–H groups in total. The molecule has 2 rings (SSSR count). The summed E-state index contributed by atoms with van der Waals surface area (Å²) in [7, 11) is 0. The van der Waals surface area contributed by atoms with Gasteiger partial charge >= 0.3 is 5.97 Å². The standard InChI is InChI=1S/C11H12N4O6/c12-9(16)7-3-6(15(19)20)4-13-10(7)14-1-2-21-5-8(14)11(17)18/h3-4,8H,1-2,5H2,(H2,12,16)(H,17,18). The molecule has 0 aliphatic carbocycles. The number of aliphatic carboxylic acids is 1. The first-order valence-electron chi connectivity index (χ1n) is 5.93. The second-order valence-electron chi connectivity index (χ2n) is 4.31. The number of hydrogen-bond donors (Lipinski definition) is 2. The Balaban J connectivity index is 2.48. The lowest BCUT2D eigenvalue weighted by Crippen LogP contribution is -2.51. The van der Waals surface area contributed by atoms with Crippen LogP contribution in [0.15, 0.2) is 12.3 Å². The van der Waals surface area contributed by atoms with E-state index >= 15 is 0 Å². The number of primary amides is 1. The van der Waals surface area contributed by atoms with E-state index in [9.17, 15) is 19.7 Å². The minimum atomic E-state index is -1.15. The summed E-state index contributed by atoms with van der Waals surface area (Å²) in [6, 6.07) is -0.0511. The van der Waals surface area contributed by atoms with Gasteiger partial charge < -0.3 is 20.5 Å². The molecule has 112 valence electrons. The highest BCUT2D eigenvalue weighted by molar-refractivity contribution is 5.99. The number of rotatable bonds is 4. The predicted molar refractivity (Wildman–Crippen MR) is 69.0 cm³/mol. The molecular formula is C11H12N4O6. The Bertz CT molecular complexity index is 604. The molecule has 1 unspecified atom stereocenters. The van der Waals surface area contributed by atoms with E-state index < -0.39 is 28.5 Å². The summed E-state index contributed by atoms with van der Waals surface area (Å²) in [5.74, 6) is -2.06. The van der Waals surface area contributed by atoms with Crippen molar-refractivity contribution >= 4 is 23.4 Å². The molecule has 0 aromatic carbocycles. The van der Waals surface area contributed by atoms with Gasteiger partial charge in [0.2, 0.25) is 0 Å². The summed E-state index contributed by atoms with van der Waals surface area (Å²) >= 11 is 0. The van der Waals surface area contributed by atoms with Crippen molar-refractivity contribution in [3.63, 3.8) is 0 Å². The van der Waals surface area contributed by atoms with Gasteiger partial charge in [-0.05, 0) is 0 Å². The Hall–Kier alpha value is -2.75. The van der Waals surface area contributed by atoms with E-state index in [4.69, 9.17) is 15.6 Å². The number of amides is 1. The topological polar surface area (TPSA) is 149 Å². The van der Waals surface area contributed by atoms with Crippen molar-refractivity contribution in [1.82, 2.24) is 4.98 Å². The Kier molecular flexibility index (Phi) is 3.98. The third-order valence-electron chi connectivity index (χ3n) is 3.01. The zero-order valence-electron chi connectivity index (χ0n) is 10.8. The van der Waals surface area contributed by atoms with E-state index in [0.717, 1.165) is 12.3 Å². The van der Waals surface area contributed by atoms with Crippen molar-refractivity contribution < 1.29 is 24.4 Å². The zero-order chi connectivity index (χ0) is 15.6. The van der Waals surface area contributed by atoms with Gasteiger partial charge in [-0.15, -0.1) is 0 Å². The normalized spacial score (nSPS) is 18.3. The van der Waals surface area contributed by atoms with Crippen LogP contribution in [0.3, 0.4) is 0 Å². The molecule has 10 heteroatoms. The molecule has 0 spiro atoms. The minimum Gasteiger partial charge on any atom is -0.480 e. The molecule has 1 amide bonds. The number of nitrogens with two attached hydrogens (primary N) is 1. The van der Waals surface area contributed by atoms with Crippen LogP contribution in [0.5, 0.6) is 0 Å². The Morgan fingerprint density at radius 1 is 1.57 bits per heavy atom. The maximum atomic E-state index is 11.5. The van der Waals surface area contributed by atoms with Gasteiger partial charge in [0.25, 0.3) is 11.6 Å². The number of hydrogen-bond acceptors (Lipinski definition) is 7. The Morgan fingerprint density at radius 2 is 2.29 bits per heavy atom. The summed E-state index contributed by atoms with van der Waals surface area (Å²) in [5.41, 5.74) is 4.61. The second kappa shape index (κ2) is 5.71. The fourth-order valence-corrected chi connectivity index (χ4v) is 2.02. The van der Waals surface area contributed by atoms with Gasteiger partial charge in [-0.1, -0.05) is 0 Å². The fourth-order valence-electron chi connectivity index (χ4n) is 2.02. The first kappa shape index (κ1) is 14.7. The lowest BCUT2D eigenvalue weighted by Gasteiger charge is -2.34. The molecule has 1 aromatic heterocycles. The number of nitro groups is 1. The van der Waals surface area contributed by atoms with Gasteiger partial charge in [-0.2, -0.15) is 0 Å². The Morgan fingerprint density at radius 3 is 2.86 bits per heavy atom. The lowest BCUT2D eigenvalue weighted by molar-refractivity contribution is -0.385. The molecular weight excluding hydrogens is 284 g/mol. The molecule has 10 nitrogen and oxygen atoms in total. The number of nitrogens with zero attached hydrogens (tertiary/aromatic N) is 3. The summed E-state index contributed by atoms with van der Waals surface area (Å²) in [6.45, 7) is 0.356. The number of carbonyl (C=O) groups is 2. The van der Waals surface area contributed by atoms with E-state index in [1.807, 2.05) is 0 Å². The molecule has 1 fully saturated rings. The summed E-state index contributed by atoms with van der Waals surface area (Å²) in [4.78, 5) is 37.9. The number of carboxylic acid groups (broad SMARTS) is 1. The largest absolute Gasteiger partial charge is 0.480 e. The molecule has 1 atom stereocenters. The van der Waals surface area contributed by atoms with Crippen LogP contribution in [0.25, 0.3) is 0 Å². The maximum Gasteiger partial charge on any atom is 0.328 e. The number of pyridine rings is 1. The van der Waals surface area contributed by atoms with Gasteiger partial charge in [-0.3, -0.25) is 14.9 Å². The predicted octanol–water partition coefficient (Wildman–Crippen LogP) is -0.621. The average Bonchev–Trinajstić information content (AvgIpc) is 2.46. The van der Waals surface area contributed by atoms with Gasteiger partial charge in [-0.25, -0.2) is 9.78 Å². The highest BCUT2D eigenvalue weighted by Gasteiger charge is 2.33. The Labute approximate surface area is 118 Å². The number of ether oxygens (including phenoxy) is 1. The summed E-state index contributed by atoms with van der Waals surface area (Å²) < 4.78 is 5.08. The quantitative estimate of drug-likeness (QED) is 0.551. The van der Waals surface area contributed by atoms with Crippen molar-refractivity contribution in [2.75, 3.05) is 24.7 Å². The van der Waals surface area contributed by atoms with Crippen LogP contribution >= 0.6 is 0 Å². The van der Waals surface area contributed by atoms with E-state index in [0.29, 0.717) is 0 Å². The molecule has 0 bridgehead atoms. The number of anilines is 1. The SMILES string of the molecule is NC(=O)c1cc([N+](=O)[O-])cnc1N1CCOCC1C(=O)O. The van der Waals surface area contributed by atoms with E-state index in [2.05, 4.69) is 4.98 Å². The van der Waals surface area contributed by atoms with Crippen molar-refractivity contribution in [1.29, 1.82) is 0 Å². The smallest absolute Gasteiger partial charge is 0.328 e. The van der Waals surface area contributed by atoms with Gasteiger partial charge in [0.05, 0.1) is 23.7 Å². The van der Waals surface area contributed by atoms with Crippen LogP contribution in [0, 0.1) is 10.1 Å². The van der Waals surface area contributed by atoms with Crippen molar-refractivity contribution in [2.24, 2.45) is 5.73 Å². The first-order chi connectivity index (χ1) is 9.91. The third-order valence-corrected chi connectivity index (χ3v) is 3.01. The molecule has 1 aromatic rings. The monoisotopic (exact) mass is 296 g/mol. The number of carboxylic acids is 1. The van der Waals surface area contributed by atoms with Crippen LogP contribution in [0.1, 0.15) is 10.4 Å². The highest BCUT2D eigenvalue weighted by Crippen LogP contribution is 2.25. The van der Waals surface area contributed by atoms with E-state index in [-0.39, 0.29) is 31.1 Å². The molecule has 2 heterocycles. The molecule has 1 saturated heterocycles. The van der Waals surface area contributed by atoms with Gasteiger partial charge in [0, 0.05) is 12.6 Å². The number of aromatic nitrogens is 1. The van der Waals surface area contributed by atoms with E-state index in [1.54, 1.807) is 0 Å². The molecule has 21 heavy (non-hydrogen) atoms. The van der Waals surface area contributed by atoms with E-state index in [1.165, 1.54) is 4.90 Å². The lowest BCUT2D eigenvalue weighted by atomic mass is 10.1. The van der Waals surface area contributed by atoms with Gasteiger partial charge in [0.1, 0.15) is 12.0 Å². The molecule has 1 aliphatic heterocycles. The highest BCUT2D eigenvalue weighted by atomic mass is 16.6.